The van der Waals surface area contributed by atoms with E-state index in [1.165, 1.54) is 12.1 Å². The number of carbonyl (C=O) groups is 1. The Bertz CT molecular complexity index is 1630. The summed E-state index contributed by atoms with van der Waals surface area (Å²) in [5.41, 5.74) is 2.74. The Hall–Kier alpha value is -3.90. The Morgan fingerprint density at radius 2 is 1.43 bits per heavy atom. The first kappa shape index (κ1) is 30.1. The van der Waals surface area contributed by atoms with E-state index in [2.05, 4.69) is 0 Å². The lowest BCUT2D eigenvalue weighted by Gasteiger charge is -2.48. The van der Waals surface area contributed by atoms with Crippen molar-refractivity contribution in [2.24, 2.45) is 0 Å². The average Bonchev–Trinajstić information content (AvgIpc) is 3.06. The van der Waals surface area contributed by atoms with Crippen molar-refractivity contribution < 1.29 is 41.1 Å². The Morgan fingerprint density at radius 3 is 2.11 bits per heavy atom. The third-order valence-corrected chi connectivity index (χ3v) is 8.74. The number of fused-ring (bicyclic) bond motifs is 1. The molecule has 2 saturated heterocycles. The molecule has 6 atom stereocenters. The van der Waals surface area contributed by atoms with Crippen LogP contribution in [0.1, 0.15) is 33.3 Å². The highest BCUT2D eigenvalue weighted by atomic mass is 32.2. The molecule has 0 aliphatic carbocycles. The number of hydrogen-bond acceptors (Lipinski definition) is 9. The van der Waals surface area contributed by atoms with Crippen LogP contribution < -0.4 is 0 Å². The van der Waals surface area contributed by atoms with Gasteiger partial charge in [-0.25, -0.2) is 4.79 Å². The molecule has 0 amide bonds. The summed E-state index contributed by atoms with van der Waals surface area (Å²) in [7, 11) is -4.37. The van der Waals surface area contributed by atoms with Gasteiger partial charge >= 0.3 is 5.97 Å². The zero-order valence-electron chi connectivity index (χ0n) is 23.9. The molecule has 0 bridgehead atoms. The van der Waals surface area contributed by atoms with Gasteiger partial charge in [0, 0.05) is 5.56 Å². The van der Waals surface area contributed by atoms with Gasteiger partial charge in [0.2, 0.25) is 0 Å². The van der Waals surface area contributed by atoms with E-state index >= 15 is 0 Å². The molecule has 0 saturated carbocycles. The lowest BCUT2D eigenvalue weighted by molar-refractivity contribution is -0.358. The molecule has 0 aromatic heterocycles. The van der Waals surface area contributed by atoms with Crippen LogP contribution in [-0.4, -0.2) is 51.7 Å². The molecule has 1 unspecified atom stereocenters. The topological polar surface area (TPSA) is 107 Å². The van der Waals surface area contributed by atoms with Crippen LogP contribution in [0, 0.1) is 6.92 Å². The highest BCUT2D eigenvalue weighted by molar-refractivity contribution is 7.86. The summed E-state index contributed by atoms with van der Waals surface area (Å²) in [6, 6.07) is 33.3. The lowest BCUT2D eigenvalue weighted by atomic mass is 9.97. The van der Waals surface area contributed by atoms with Gasteiger partial charge in [-0.05, 0) is 36.8 Å². The van der Waals surface area contributed by atoms with Gasteiger partial charge < -0.3 is 23.7 Å². The molecule has 2 fully saturated rings. The second-order valence-electron chi connectivity index (χ2n) is 10.6. The molecule has 9 nitrogen and oxygen atoms in total. The Labute approximate surface area is 256 Å². The van der Waals surface area contributed by atoms with E-state index in [-0.39, 0.29) is 23.7 Å². The van der Waals surface area contributed by atoms with Gasteiger partial charge in [0.15, 0.2) is 24.8 Å². The van der Waals surface area contributed by atoms with Crippen molar-refractivity contribution in [3.8, 4) is 0 Å². The molecule has 0 N–H and O–H groups in total. The molecule has 4 aromatic rings. The second kappa shape index (κ2) is 13.4. The number of ether oxygens (including phenoxy) is 5. The molecule has 4 aromatic carbocycles. The van der Waals surface area contributed by atoms with Crippen LogP contribution in [0.25, 0.3) is 0 Å². The maximum Gasteiger partial charge on any atom is 0.338 e. The van der Waals surface area contributed by atoms with Crippen LogP contribution in [0.15, 0.2) is 120 Å². The highest BCUT2D eigenvalue weighted by Crippen LogP contribution is 2.38. The number of hydrogen-bond donors (Lipinski definition) is 0. The van der Waals surface area contributed by atoms with Gasteiger partial charge in [-0.15, -0.1) is 0 Å². The molecule has 6 rings (SSSR count). The Balaban J connectivity index is 1.36. The number of rotatable bonds is 9. The predicted molar refractivity (Wildman–Crippen MR) is 159 cm³/mol. The minimum absolute atomic E-state index is 0.0600. The SMILES string of the molecule is Cc1ccc(S(=O)(=O)O[C@H]2[C@H](OCc3ccccc3)O[C@@H]3COC(c4ccccc4)O[C@@H]3[C@@H]2OC(=O)c2ccccc2)cc1. The molecule has 0 spiro atoms. The third kappa shape index (κ3) is 6.91. The monoisotopic (exact) mass is 616 g/mol. The summed E-state index contributed by atoms with van der Waals surface area (Å²) in [4.78, 5) is 13.4. The van der Waals surface area contributed by atoms with Gasteiger partial charge in [0.25, 0.3) is 10.1 Å². The van der Waals surface area contributed by atoms with Gasteiger partial charge in [-0.2, -0.15) is 8.42 Å². The third-order valence-electron chi connectivity index (χ3n) is 7.41. The van der Waals surface area contributed by atoms with Crippen molar-refractivity contribution in [1.82, 2.24) is 0 Å². The van der Waals surface area contributed by atoms with E-state index in [9.17, 15) is 13.2 Å². The van der Waals surface area contributed by atoms with Gasteiger partial charge in [-0.3, -0.25) is 4.18 Å². The molecule has 0 radical (unpaired) electrons. The minimum atomic E-state index is -4.37. The largest absolute Gasteiger partial charge is 0.453 e. The standard InChI is InChI=1S/C34H32O9S/c1-23-17-19-27(20-18-23)44(36,37)43-31-30(41-32(35)25-13-7-3-8-14-25)29-28(22-39-33(42-29)26-15-9-4-10-16-26)40-34(31)38-21-24-11-5-2-6-12-24/h2-20,28-31,33-34H,21-22H2,1H3/t28-,29+,30+,31-,33?,34-/m1/s1. The van der Waals surface area contributed by atoms with Crippen molar-refractivity contribution in [1.29, 1.82) is 0 Å². The number of esters is 1. The van der Waals surface area contributed by atoms with Crippen molar-refractivity contribution in [3.63, 3.8) is 0 Å². The maximum absolute atomic E-state index is 13.6. The van der Waals surface area contributed by atoms with Crippen LogP contribution >= 0.6 is 0 Å². The molecule has 228 valence electrons. The van der Waals surface area contributed by atoms with Crippen LogP contribution in [-0.2, 0) is 44.6 Å². The van der Waals surface area contributed by atoms with Gasteiger partial charge in [0.05, 0.1) is 23.7 Å². The summed E-state index contributed by atoms with van der Waals surface area (Å²) in [6.45, 7) is 2.01. The fraction of sp³-hybridized carbons (Fsp3) is 0.265. The average molecular weight is 617 g/mol. The van der Waals surface area contributed by atoms with Crippen molar-refractivity contribution in [3.05, 3.63) is 138 Å². The summed E-state index contributed by atoms with van der Waals surface area (Å²) in [6.07, 6.45) is -6.45. The number of aryl methyl sites for hydroxylation is 1. The molecule has 2 aliphatic rings. The normalized spacial score (nSPS) is 25.1. The smallest absolute Gasteiger partial charge is 0.338 e. The highest BCUT2D eigenvalue weighted by Gasteiger charge is 2.54. The van der Waals surface area contributed by atoms with Crippen LogP contribution in [0.2, 0.25) is 0 Å². The predicted octanol–water partition coefficient (Wildman–Crippen LogP) is 5.35. The summed E-state index contributed by atoms with van der Waals surface area (Å²) in [5, 5.41) is 0. The minimum Gasteiger partial charge on any atom is -0.453 e. The molecule has 10 heteroatoms. The van der Waals surface area contributed by atoms with Crippen LogP contribution in [0.3, 0.4) is 0 Å². The Kier molecular flexibility index (Phi) is 9.17. The summed E-state index contributed by atoms with van der Waals surface area (Å²) >= 11 is 0. The van der Waals surface area contributed by atoms with Gasteiger partial charge in [0.1, 0.15) is 12.2 Å². The van der Waals surface area contributed by atoms with E-state index in [1.807, 2.05) is 67.6 Å². The van der Waals surface area contributed by atoms with Crippen molar-refractivity contribution in [2.75, 3.05) is 6.61 Å². The van der Waals surface area contributed by atoms with Crippen LogP contribution in [0.4, 0.5) is 0 Å². The first-order valence-corrected chi connectivity index (χ1v) is 15.7. The zero-order valence-corrected chi connectivity index (χ0v) is 24.7. The molecule has 2 heterocycles. The van der Waals surface area contributed by atoms with E-state index in [0.717, 1.165) is 16.7 Å². The second-order valence-corrected chi connectivity index (χ2v) is 12.2. The summed E-state index contributed by atoms with van der Waals surface area (Å²) < 4.78 is 64.0. The number of carbonyl (C=O) groups excluding carboxylic acids is 1. The first-order chi connectivity index (χ1) is 21.4. The van der Waals surface area contributed by atoms with E-state index in [4.69, 9.17) is 27.9 Å². The fourth-order valence-electron chi connectivity index (χ4n) is 5.12. The molecule has 2 aliphatic heterocycles. The van der Waals surface area contributed by atoms with Gasteiger partial charge in [-0.1, -0.05) is 96.6 Å². The number of benzene rings is 4. The molecule has 44 heavy (non-hydrogen) atoms. The van der Waals surface area contributed by atoms with Crippen molar-refractivity contribution >= 4 is 16.1 Å². The first-order valence-electron chi connectivity index (χ1n) is 14.3. The van der Waals surface area contributed by atoms with E-state index in [0.29, 0.717) is 0 Å². The lowest BCUT2D eigenvalue weighted by Crippen LogP contribution is -2.64. The van der Waals surface area contributed by atoms with E-state index in [1.54, 1.807) is 42.5 Å². The van der Waals surface area contributed by atoms with E-state index < -0.39 is 53.1 Å². The Morgan fingerprint density at radius 1 is 0.795 bits per heavy atom. The maximum atomic E-state index is 13.6. The van der Waals surface area contributed by atoms with Crippen LogP contribution in [0.5, 0.6) is 0 Å². The molecular weight excluding hydrogens is 584 g/mol. The summed E-state index contributed by atoms with van der Waals surface area (Å²) in [5.74, 6) is -0.675. The molecular formula is C34H32O9S. The quantitative estimate of drug-likeness (QED) is 0.182. The van der Waals surface area contributed by atoms with Crippen molar-refractivity contribution in [2.45, 2.75) is 55.4 Å². The zero-order chi connectivity index (χ0) is 30.5. The fourth-order valence-corrected chi connectivity index (χ4v) is 6.20.